The number of rotatable bonds is 10. The van der Waals surface area contributed by atoms with Gasteiger partial charge in [0.05, 0.1) is 16.4 Å². The first kappa shape index (κ1) is 46.4. The number of aryl methyl sites for hydroxylation is 1. The van der Waals surface area contributed by atoms with Crippen LogP contribution >= 0.6 is 11.6 Å². The van der Waals surface area contributed by atoms with Gasteiger partial charge < -0.3 is 9.80 Å². The highest BCUT2D eigenvalue weighted by Crippen LogP contribution is 2.49. The Morgan fingerprint density at radius 3 is 0.938 bits per heavy atom. The maximum Gasteiger partial charge on any atom is 0.0887 e. The number of benzene rings is 7. The van der Waals surface area contributed by atoms with Crippen LogP contribution in [0, 0.1) is 6.92 Å². The molecule has 0 aromatic heterocycles. The number of anilines is 6. The first-order chi connectivity index (χ1) is 30.0. The zero-order chi connectivity index (χ0) is 46.4. The maximum atomic E-state index is 8.02. The van der Waals surface area contributed by atoms with Gasteiger partial charge in [0.1, 0.15) is 0 Å². The van der Waals surface area contributed by atoms with E-state index in [2.05, 4.69) is 271 Å². The lowest BCUT2D eigenvalue weighted by Gasteiger charge is -2.34. The first-order valence-corrected chi connectivity index (χ1v) is 23.3. The zero-order valence-corrected chi connectivity index (χ0v) is 41.6. The molecule has 0 aliphatic carbocycles. The molecule has 0 amide bonds. The Morgan fingerprint density at radius 1 is 0.312 bits per heavy atom. The van der Waals surface area contributed by atoms with E-state index in [0.29, 0.717) is 5.02 Å². The molecule has 0 aliphatic rings. The normalized spacial score (nSPS) is 12.6. The molecule has 2 nitrogen and oxygen atoms in total. The first-order valence-electron chi connectivity index (χ1n) is 23.0. The predicted molar refractivity (Wildman–Crippen MR) is 279 cm³/mol. The van der Waals surface area contributed by atoms with E-state index in [0.717, 1.165) is 39.7 Å². The van der Waals surface area contributed by atoms with Gasteiger partial charge >= 0.3 is 0 Å². The molecule has 0 heterocycles. The third-order valence-corrected chi connectivity index (χ3v) is 13.6. The van der Waals surface area contributed by atoms with E-state index in [-0.39, 0.29) is 27.1 Å². The fourth-order valence-corrected chi connectivity index (χ4v) is 9.00. The predicted octanol–water partition coefficient (Wildman–Crippen LogP) is 18.1. The van der Waals surface area contributed by atoms with Gasteiger partial charge in [-0.1, -0.05) is 205 Å². The molecule has 0 atom stereocenters. The van der Waals surface area contributed by atoms with Crippen LogP contribution in [-0.2, 0) is 27.1 Å². The van der Waals surface area contributed by atoms with Crippen molar-refractivity contribution >= 4 is 45.7 Å². The third kappa shape index (κ3) is 9.59. The number of hydrogen-bond acceptors (Lipinski definition) is 2. The summed E-state index contributed by atoms with van der Waals surface area (Å²) in [5, 5.41) is 0.673. The summed E-state index contributed by atoms with van der Waals surface area (Å²) in [6, 6.07) is 60.4. The average molecular weight is 866 g/mol. The summed E-state index contributed by atoms with van der Waals surface area (Å²) in [4.78, 5) is 4.72. The van der Waals surface area contributed by atoms with Crippen molar-refractivity contribution in [1.29, 1.82) is 0 Å². The van der Waals surface area contributed by atoms with Gasteiger partial charge in [0, 0.05) is 33.6 Å². The standard InChI is InChI=1S/C61H69ClN2/c1-42-37-54(56(62)55(38-42)64(52-31-25-43(26-32-52)57(2,3)4)53-40-48(58(5,6)7)39-49(41-53)59(8,9)10)63(50-33-27-46(28-34-50)60(11,12)44-21-17-15-18-22-44)51-35-29-47(30-36-51)61(13,14)45-23-19-16-20-24-45/h15-41H,1-14H3. The lowest BCUT2D eigenvalue weighted by Crippen LogP contribution is -2.20. The molecule has 0 aliphatic heterocycles. The molecule has 0 bridgehead atoms. The Hall–Kier alpha value is -5.57. The Balaban J connectivity index is 1.46. The molecule has 3 heteroatoms. The molecular weight excluding hydrogens is 796 g/mol. The largest absolute Gasteiger partial charge is 0.309 e. The fourth-order valence-electron chi connectivity index (χ4n) is 8.72. The van der Waals surface area contributed by atoms with E-state index in [1.807, 2.05) is 0 Å². The molecule has 0 spiro atoms. The molecule has 0 saturated heterocycles. The molecule has 0 radical (unpaired) electrons. The van der Waals surface area contributed by atoms with Crippen molar-refractivity contribution in [3.63, 3.8) is 0 Å². The smallest absolute Gasteiger partial charge is 0.0887 e. The topological polar surface area (TPSA) is 6.48 Å². The number of hydrogen-bond donors (Lipinski definition) is 0. The van der Waals surface area contributed by atoms with Gasteiger partial charge in [0.2, 0.25) is 0 Å². The lowest BCUT2D eigenvalue weighted by atomic mass is 9.78. The molecule has 7 aromatic rings. The second-order valence-corrected chi connectivity index (χ2v) is 22.3. The highest BCUT2D eigenvalue weighted by Gasteiger charge is 2.29. The van der Waals surface area contributed by atoms with Crippen molar-refractivity contribution in [2.24, 2.45) is 0 Å². The monoisotopic (exact) mass is 865 g/mol. The SMILES string of the molecule is Cc1cc(N(c2ccc(C(C)(C)c3ccccc3)cc2)c2ccc(C(C)(C)c3ccccc3)cc2)c(Cl)c(N(c2ccc(C(C)(C)C)cc2)c2cc(C(C)(C)C)cc(C(C)(C)C)c2)c1. The van der Waals surface area contributed by atoms with E-state index >= 15 is 0 Å². The molecule has 0 N–H and O–H groups in total. The van der Waals surface area contributed by atoms with Gasteiger partial charge in [-0.05, 0) is 128 Å². The van der Waals surface area contributed by atoms with E-state index in [1.165, 1.54) is 38.9 Å². The van der Waals surface area contributed by atoms with Crippen LogP contribution in [0.2, 0.25) is 5.02 Å². The molecule has 330 valence electrons. The van der Waals surface area contributed by atoms with Crippen LogP contribution < -0.4 is 9.80 Å². The minimum Gasteiger partial charge on any atom is -0.309 e. The summed E-state index contributed by atoms with van der Waals surface area (Å²) in [5.41, 5.74) is 15.6. The van der Waals surface area contributed by atoms with Crippen molar-refractivity contribution < 1.29 is 0 Å². The minimum atomic E-state index is -0.181. The van der Waals surface area contributed by atoms with E-state index in [4.69, 9.17) is 11.6 Å². The van der Waals surface area contributed by atoms with E-state index < -0.39 is 0 Å². The van der Waals surface area contributed by atoms with Gasteiger partial charge in [-0.15, -0.1) is 0 Å². The van der Waals surface area contributed by atoms with Crippen LogP contribution in [0.3, 0.4) is 0 Å². The van der Waals surface area contributed by atoms with Gasteiger partial charge in [-0.3, -0.25) is 0 Å². The van der Waals surface area contributed by atoms with Gasteiger partial charge in [-0.2, -0.15) is 0 Å². The average Bonchev–Trinajstić information content (AvgIpc) is 3.25. The molecule has 0 fully saturated rings. The van der Waals surface area contributed by atoms with Crippen LogP contribution in [0.5, 0.6) is 0 Å². The van der Waals surface area contributed by atoms with Gasteiger partial charge in [0.15, 0.2) is 0 Å². The van der Waals surface area contributed by atoms with Crippen LogP contribution in [0.25, 0.3) is 0 Å². The summed E-state index contributed by atoms with van der Waals surface area (Å²) in [6.45, 7) is 32.0. The summed E-state index contributed by atoms with van der Waals surface area (Å²) < 4.78 is 0. The number of nitrogens with zero attached hydrogens (tertiary/aromatic N) is 2. The summed E-state index contributed by atoms with van der Waals surface area (Å²) in [7, 11) is 0. The lowest BCUT2D eigenvalue weighted by molar-refractivity contribution is 0.568. The number of halogens is 1. The minimum absolute atomic E-state index is 0.0152. The maximum absolute atomic E-state index is 8.02. The van der Waals surface area contributed by atoms with Crippen LogP contribution in [0.15, 0.2) is 164 Å². The second kappa shape index (κ2) is 17.4. The highest BCUT2D eigenvalue weighted by molar-refractivity contribution is 6.36. The molecule has 64 heavy (non-hydrogen) atoms. The van der Waals surface area contributed by atoms with Crippen molar-refractivity contribution in [3.8, 4) is 0 Å². The quantitative estimate of drug-likeness (QED) is 0.135. The van der Waals surface area contributed by atoms with Crippen molar-refractivity contribution in [3.05, 3.63) is 213 Å². The van der Waals surface area contributed by atoms with E-state index in [1.54, 1.807) is 0 Å². The highest BCUT2D eigenvalue weighted by atomic mass is 35.5. The Kier molecular flexibility index (Phi) is 12.6. The molecule has 0 unspecified atom stereocenters. The fraction of sp³-hybridized carbons (Fsp3) is 0.311. The Bertz CT molecular complexity index is 2560. The van der Waals surface area contributed by atoms with Crippen molar-refractivity contribution in [2.45, 2.75) is 124 Å². The van der Waals surface area contributed by atoms with Crippen LogP contribution in [0.1, 0.15) is 135 Å². The Morgan fingerprint density at radius 2 is 0.609 bits per heavy atom. The Labute approximate surface area is 391 Å². The van der Waals surface area contributed by atoms with Gasteiger partial charge in [-0.25, -0.2) is 0 Å². The van der Waals surface area contributed by atoms with Gasteiger partial charge in [0.25, 0.3) is 0 Å². The summed E-state index contributed by atoms with van der Waals surface area (Å²) in [6.07, 6.45) is 0. The summed E-state index contributed by atoms with van der Waals surface area (Å²) >= 11 is 8.02. The van der Waals surface area contributed by atoms with Crippen LogP contribution in [0.4, 0.5) is 34.1 Å². The second-order valence-electron chi connectivity index (χ2n) is 21.9. The third-order valence-electron chi connectivity index (χ3n) is 13.2. The molecular formula is C61H69ClN2. The van der Waals surface area contributed by atoms with Crippen molar-refractivity contribution in [1.82, 2.24) is 0 Å². The van der Waals surface area contributed by atoms with E-state index in [9.17, 15) is 0 Å². The van der Waals surface area contributed by atoms with Crippen molar-refractivity contribution in [2.75, 3.05) is 9.80 Å². The van der Waals surface area contributed by atoms with Crippen LogP contribution in [-0.4, -0.2) is 0 Å². The molecule has 7 rings (SSSR count). The molecule has 0 saturated carbocycles. The molecule has 7 aromatic carbocycles. The summed E-state index contributed by atoms with van der Waals surface area (Å²) in [5.74, 6) is 0. The zero-order valence-electron chi connectivity index (χ0n) is 40.9.